The lowest BCUT2D eigenvalue weighted by atomic mass is 9.85. The first kappa shape index (κ1) is 13.6. The van der Waals surface area contributed by atoms with Gasteiger partial charge >= 0.3 is 5.97 Å². The minimum absolute atomic E-state index is 0.419. The van der Waals surface area contributed by atoms with E-state index in [4.69, 9.17) is 5.11 Å². The summed E-state index contributed by atoms with van der Waals surface area (Å²) in [5.74, 6) is 0.0108. The van der Waals surface area contributed by atoms with Crippen LogP contribution in [0.5, 0.6) is 0 Å². The molecule has 2 atom stereocenters. The fourth-order valence-corrected chi connectivity index (χ4v) is 3.76. The van der Waals surface area contributed by atoms with E-state index in [9.17, 15) is 4.79 Å². The van der Waals surface area contributed by atoms with Gasteiger partial charge in [0, 0.05) is 19.1 Å². The molecule has 1 aromatic rings. The molecular weight excluding hydrogens is 250 g/mol. The summed E-state index contributed by atoms with van der Waals surface area (Å²) in [6, 6.07) is 6.30. The highest BCUT2D eigenvalue weighted by Gasteiger charge is 2.27. The SMILES string of the molecule is CC1CCCC(N2CCc3ccc(C(=O)O)cc3C2)C1. The number of fused-ring (bicyclic) bond motifs is 1. The molecule has 1 N–H and O–H groups in total. The average molecular weight is 273 g/mol. The van der Waals surface area contributed by atoms with Gasteiger partial charge in [0.1, 0.15) is 0 Å². The second kappa shape index (κ2) is 5.57. The molecule has 1 aromatic carbocycles. The monoisotopic (exact) mass is 273 g/mol. The van der Waals surface area contributed by atoms with Crippen molar-refractivity contribution in [3.05, 3.63) is 34.9 Å². The van der Waals surface area contributed by atoms with Gasteiger partial charge in [-0.2, -0.15) is 0 Å². The van der Waals surface area contributed by atoms with Crippen LogP contribution in [-0.2, 0) is 13.0 Å². The molecule has 1 aliphatic carbocycles. The van der Waals surface area contributed by atoms with Crippen LogP contribution in [-0.4, -0.2) is 28.6 Å². The maximum absolute atomic E-state index is 11.1. The standard InChI is InChI=1S/C17H23NO2/c1-12-3-2-4-16(9-12)18-8-7-13-5-6-14(17(19)20)10-15(13)11-18/h5-6,10,12,16H,2-4,7-9,11H2,1H3,(H,19,20). The first-order chi connectivity index (χ1) is 9.63. The molecule has 3 rings (SSSR count). The van der Waals surface area contributed by atoms with Crippen LogP contribution in [0.3, 0.4) is 0 Å². The predicted octanol–water partition coefficient (Wildman–Crippen LogP) is 3.32. The summed E-state index contributed by atoms with van der Waals surface area (Å²) in [4.78, 5) is 13.7. The van der Waals surface area contributed by atoms with E-state index in [0.717, 1.165) is 25.4 Å². The van der Waals surface area contributed by atoms with Crippen LogP contribution < -0.4 is 0 Å². The molecule has 0 spiro atoms. The Labute approximate surface area is 120 Å². The zero-order chi connectivity index (χ0) is 14.1. The van der Waals surface area contributed by atoms with Crippen molar-refractivity contribution in [3.63, 3.8) is 0 Å². The van der Waals surface area contributed by atoms with Crippen LogP contribution in [0.1, 0.15) is 54.1 Å². The minimum atomic E-state index is -0.823. The highest BCUT2D eigenvalue weighted by Crippen LogP contribution is 2.31. The number of rotatable bonds is 2. The lowest BCUT2D eigenvalue weighted by molar-refractivity contribution is 0.0696. The van der Waals surface area contributed by atoms with E-state index in [0.29, 0.717) is 11.6 Å². The van der Waals surface area contributed by atoms with Crippen molar-refractivity contribution in [1.29, 1.82) is 0 Å². The van der Waals surface area contributed by atoms with Gasteiger partial charge in [-0.15, -0.1) is 0 Å². The third kappa shape index (κ3) is 2.73. The third-order valence-corrected chi connectivity index (χ3v) is 4.92. The lowest BCUT2D eigenvalue weighted by Gasteiger charge is -2.39. The van der Waals surface area contributed by atoms with E-state index >= 15 is 0 Å². The molecule has 2 unspecified atom stereocenters. The van der Waals surface area contributed by atoms with Crippen molar-refractivity contribution in [2.24, 2.45) is 5.92 Å². The molecule has 1 fully saturated rings. The molecule has 20 heavy (non-hydrogen) atoms. The van der Waals surface area contributed by atoms with Crippen molar-refractivity contribution in [1.82, 2.24) is 4.90 Å². The van der Waals surface area contributed by atoms with Crippen LogP contribution in [0.15, 0.2) is 18.2 Å². The normalized spacial score (nSPS) is 27.1. The minimum Gasteiger partial charge on any atom is -0.478 e. The summed E-state index contributed by atoms with van der Waals surface area (Å²) in [5.41, 5.74) is 2.96. The topological polar surface area (TPSA) is 40.5 Å². The van der Waals surface area contributed by atoms with E-state index in [-0.39, 0.29) is 0 Å². The van der Waals surface area contributed by atoms with Crippen LogP contribution in [0.25, 0.3) is 0 Å². The third-order valence-electron chi connectivity index (χ3n) is 4.92. The van der Waals surface area contributed by atoms with Crippen LogP contribution in [0.4, 0.5) is 0 Å². The van der Waals surface area contributed by atoms with Gasteiger partial charge in [-0.3, -0.25) is 4.90 Å². The summed E-state index contributed by atoms with van der Waals surface area (Å²) >= 11 is 0. The second-order valence-corrected chi connectivity index (χ2v) is 6.43. The van der Waals surface area contributed by atoms with E-state index in [1.54, 1.807) is 6.07 Å². The molecule has 0 amide bonds. The summed E-state index contributed by atoms with van der Waals surface area (Å²) in [6.45, 7) is 4.40. The number of benzene rings is 1. The van der Waals surface area contributed by atoms with E-state index in [2.05, 4.69) is 11.8 Å². The van der Waals surface area contributed by atoms with Crippen molar-refractivity contribution in [2.75, 3.05) is 6.54 Å². The maximum Gasteiger partial charge on any atom is 0.335 e. The van der Waals surface area contributed by atoms with Crippen LogP contribution >= 0.6 is 0 Å². The molecule has 0 saturated heterocycles. The van der Waals surface area contributed by atoms with Gasteiger partial charge in [0.05, 0.1) is 5.56 Å². The van der Waals surface area contributed by atoms with Crippen molar-refractivity contribution >= 4 is 5.97 Å². The smallest absolute Gasteiger partial charge is 0.335 e. The highest BCUT2D eigenvalue weighted by atomic mass is 16.4. The van der Waals surface area contributed by atoms with Gasteiger partial charge in [-0.05, 0) is 48.4 Å². The van der Waals surface area contributed by atoms with Crippen LogP contribution in [0.2, 0.25) is 0 Å². The fraction of sp³-hybridized carbons (Fsp3) is 0.588. The first-order valence-corrected chi connectivity index (χ1v) is 7.72. The summed E-state index contributed by atoms with van der Waals surface area (Å²) in [5, 5.41) is 9.12. The molecule has 3 heteroatoms. The molecule has 3 nitrogen and oxygen atoms in total. The quantitative estimate of drug-likeness (QED) is 0.898. The van der Waals surface area contributed by atoms with Gasteiger partial charge in [0.2, 0.25) is 0 Å². The van der Waals surface area contributed by atoms with Crippen molar-refractivity contribution in [2.45, 2.75) is 51.6 Å². The molecule has 1 saturated carbocycles. The Morgan fingerprint density at radius 3 is 2.90 bits per heavy atom. The average Bonchev–Trinajstić information content (AvgIpc) is 2.46. The first-order valence-electron chi connectivity index (χ1n) is 7.72. The lowest BCUT2D eigenvalue weighted by Crippen LogP contribution is -2.41. The molecule has 2 aliphatic rings. The number of hydrogen-bond acceptors (Lipinski definition) is 2. The van der Waals surface area contributed by atoms with Gasteiger partial charge in [0.25, 0.3) is 0 Å². The number of aromatic carboxylic acids is 1. The summed E-state index contributed by atoms with van der Waals surface area (Å²) in [6.07, 6.45) is 6.36. The number of nitrogens with zero attached hydrogens (tertiary/aromatic N) is 1. The Balaban J connectivity index is 1.76. The van der Waals surface area contributed by atoms with Crippen LogP contribution in [0, 0.1) is 5.92 Å². The maximum atomic E-state index is 11.1. The molecule has 1 aliphatic heterocycles. The van der Waals surface area contributed by atoms with Crippen molar-refractivity contribution in [3.8, 4) is 0 Å². The van der Waals surface area contributed by atoms with Gasteiger partial charge in [-0.1, -0.05) is 25.8 Å². The Morgan fingerprint density at radius 2 is 2.15 bits per heavy atom. The molecule has 0 bridgehead atoms. The van der Waals surface area contributed by atoms with Gasteiger partial charge in [0.15, 0.2) is 0 Å². The number of carbonyl (C=O) groups is 1. The zero-order valence-corrected chi connectivity index (χ0v) is 12.1. The molecule has 0 radical (unpaired) electrons. The highest BCUT2D eigenvalue weighted by molar-refractivity contribution is 5.87. The predicted molar refractivity (Wildman–Crippen MR) is 78.9 cm³/mol. The number of carboxylic acid groups (broad SMARTS) is 1. The van der Waals surface area contributed by atoms with E-state index in [1.807, 2.05) is 12.1 Å². The largest absolute Gasteiger partial charge is 0.478 e. The fourth-order valence-electron chi connectivity index (χ4n) is 3.76. The van der Waals surface area contributed by atoms with Gasteiger partial charge < -0.3 is 5.11 Å². The van der Waals surface area contributed by atoms with Crippen molar-refractivity contribution < 1.29 is 9.90 Å². The second-order valence-electron chi connectivity index (χ2n) is 6.43. The summed E-state index contributed by atoms with van der Waals surface area (Å²) < 4.78 is 0. The Morgan fingerprint density at radius 1 is 1.30 bits per heavy atom. The molecule has 1 heterocycles. The zero-order valence-electron chi connectivity index (χ0n) is 12.1. The van der Waals surface area contributed by atoms with E-state index < -0.39 is 5.97 Å². The molecule has 0 aromatic heterocycles. The Kier molecular flexibility index (Phi) is 3.79. The Bertz CT molecular complexity index is 512. The molecular formula is C17H23NO2. The number of carboxylic acids is 1. The molecule has 108 valence electrons. The number of hydrogen-bond donors (Lipinski definition) is 1. The van der Waals surface area contributed by atoms with Gasteiger partial charge in [-0.25, -0.2) is 4.79 Å². The Hall–Kier alpha value is -1.35. The van der Waals surface area contributed by atoms with E-state index in [1.165, 1.54) is 36.8 Å². The summed E-state index contributed by atoms with van der Waals surface area (Å²) in [7, 11) is 0.